The van der Waals surface area contributed by atoms with Crippen LogP contribution >= 0.6 is 27.3 Å². The van der Waals surface area contributed by atoms with Gasteiger partial charge in [-0.1, -0.05) is 20.8 Å². The molecule has 2 aromatic rings. The number of H-pyrrole nitrogens is 1. The number of phenols is 1. The lowest BCUT2D eigenvalue weighted by atomic mass is 9.91. The molecule has 0 saturated heterocycles. The van der Waals surface area contributed by atoms with E-state index in [9.17, 15) is 14.7 Å². The van der Waals surface area contributed by atoms with Crippen molar-refractivity contribution in [2.45, 2.75) is 20.8 Å². The number of carbonyl (C=O) groups excluding carboxylic acids is 1. The van der Waals surface area contributed by atoms with E-state index in [1.165, 1.54) is 24.5 Å². The first-order valence-corrected chi connectivity index (χ1v) is 8.76. The second-order valence-electron chi connectivity index (χ2n) is 6.24. The topological polar surface area (TPSA) is 79.4 Å². The molecule has 0 fully saturated rings. The van der Waals surface area contributed by atoms with E-state index in [2.05, 4.69) is 20.9 Å². The second kappa shape index (κ2) is 6.94. The molecule has 2 rings (SSSR count). The Morgan fingerprint density at radius 2 is 2.04 bits per heavy atom. The van der Waals surface area contributed by atoms with Crippen LogP contribution in [0.15, 0.2) is 21.4 Å². The van der Waals surface area contributed by atoms with Gasteiger partial charge in [0.15, 0.2) is 17.3 Å². The molecule has 24 heavy (non-hydrogen) atoms. The van der Waals surface area contributed by atoms with E-state index in [1.54, 1.807) is 18.2 Å². The number of nitrogens with one attached hydrogen (secondary N) is 1. The van der Waals surface area contributed by atoms with Gasteiger partial charge in [-0.05, 0) is 39.7 Å². The van der Waals surface area contributed by atoms with E-state index in [4.69, 9.17) is 4.74 Å². The molecule has 0 aliphatic rings. The Kier molecular flexibility index (Phi) is 5.35. The van der Waals surface area contributed by atoms with Gasteiger partial charge >= 0.3 is 0 Å². The molecule has 2 N–H and O–H groups in total. The molecule has 0 radical (unpaired) electrons. The van der Waals surface area contributed by atoms with Gasteiger partial charge < -0.3 is 14.8 Å². The van der Waals surface area contributed by atoms with Gasteiger partial charge in [0.2, 0.25) is 0 Å². The third-order valence-electron chi connectivity index (χ3n) is 3.25. The predicted octanol–water partition coefficient (Wildman–Crippen LogP) is 2.14. The zero-order valence-corrected chi connectivity index (χ0v) is 16.2. The smallest absolute Gasteiger partial charge is 0.266 e. The average Bonchev–Trinajstić information content (AvgIpc) is 2.81. The number of Topliss-reactive ketones (excluding diaryl/α,β-unsaturated/α-hetero) is 1. The Hall–Kier alpha value is -1.86. The molecule has 1 aromatic heterocycles. The molecule has 5 nitrogen and oxygen atoms in total. The Morgan fingerprint density at radius 3 is 2.62 bits per heavy atom. The number of thiazole rings is 1. The van der Waals surface area contributed by atoms with Crippen LogP contribution in [0.25, 0.3) is 12.2 Å². The van der Waals surface area contributed by atoms with Crippen molar-refractivity contribution in [3.8, 4) is 11.5 Å². The number of hydrogen-bond acceptors (Lipinski definition) is 5. The molecular formula is C17H18BrNO4S. The minimum absolute atomic E-state index is 0.000430. The number of ketones is 1. The summed E-state index contributed by atoms with van der Waals surface area (Å²) in [7, 11) is 1.45. The summed E-state index contributed by atoms with van der Waals surface area (Å²) in [6.45, 7) is 5.47. The highest BCUT2D eigenvalue weighted by molar-refractivity contribution is 9.10. The fourth-order valence-corrected chi connectivity index (χ4v) is 3.19. The van der Waals surface area contributed by atoms with Crippen molar-refractivity contribution < 1.29 is 14.6 Å². The molecule has 0 amide bonds. The molecule has 0 saturated carbocycles. The van der Waals surface area contributed by atoms with Gasteiger partial charge in [-0.2, -0.15) is 0 Å². The summed E-state index contributed by atoms with van der Waals surface area (Å²) in [6, 6.07) is 3.31. The number of methoxy groups -OCH3 is 1. The molecule has 0 spiro atoms. The normalized spacial score (nSPS) is 13.4. The Labute approximate surface area is 151 Å². The highest BCUT2D eigenvalue weighted by Gasteiger charge is 2.18. The van der Waals surface area contributed by atoms with Crippen LogP contribution in [-0.2, 0) is 4.79 Å². The minimum atomic E-state index is -0.500. The minimum Gasteiger partial charge on any atom is -0.503 e. The highest BCUT2D eigenvalue weighted by Crippen LogP contribution is 2.35. The number of ether oxygens (including phenoxy) is 1. The standard InChI is InChI=1S/C17H18BrNO4S/c1-17(2,3)13(20)8-14-19-16(22)12(24-14)7-9-5-10(18)15(21)11(6-9)23-4/h5-8,21H,1-4H3,(H,19,22)/b12-7+,14-8-. The Morgan fingerprint density at radius 1 is 1.38 bits per heavy atom. The summed E-state index contributed by atoms with van der Waals surface area (Å²) >= 11 is 4.45. The lowest BCUT2D eigenvalue weighted by Gasteiger charge is -2.12. The number of benzene rings is 1. The number of aromatic nitrogens is 1. The van der Waals surface area contributed by atoms with Gasteiger partial charge in [-0.3, -0.25) is 9.59 Å². The van der Waals surface area contributed by atoms with Crippen LogP contribution in [0.3, 0.4) is 0 Å². The number of phenolic OH excluding ortho intramolecular Hbond substituents is 1. The van der Waals surface area contributed by atoms with E-state index in [0.29, 0.717) is 25.0 Å². The van der Waals surface area contributed by atoms with Crippen molar-refractivity contribution in [3.05, 3.63) is 41.7 Å². The second-order valence-corrected chi connectivity index (χ2v) is 8.18. The molecule has 7 heteroatoms. The lowest BCUT2D eigenvalue weighted by molar-refractivity contribution is -0.119. The zero-order chi connectivity index (χ0) is 18.1. The Bertz CT molecular complexity index is 950. The van der Waals surface area contributed by atoms with Gasteiger partial charge in [0, 0.05) is 11.5 Å². The average molecular weight is 412 g/mol. The maximum Gasteiger partial charge on any atom is 0.266 e. The number of halogens is 1. The molecule has 0 unspecified atom stereocenters. The van der Waals surface area contributed by atoms with Gasteiger partial charge in [0.05, 0.1) is 20.8 Å². The van der Waals surface area contributed by atoms with Crippen molar-refractivity contribution >= 4 is 45.2 Å². The van der Waals surface area contributed by atoms with Gasteiger partial charge in [0.25, 0.3) is 5.56 Å². The summed E-state index contributed by atoms with van der Waals surface area (Å²) in [4.78, 5) is 26.8. The van der Waals surface area contributed by atoms with Crippen LogP contribution in [0.4, 0.5) is 0 Å². The monoisotopic (exact) mass is 411 g/mol. The number of rotatable bonds is 3. The maximum absolute atomic E-state index is 12.1. The number of aromatic hydroxyl groups is 1. The molecule has 0 aliphatic heterocycles. The van der Waals surface area contributed by atoms with Crippen molar-refractivity contribution in [1.82, 2.24) is 4.98 Å². The largest absolute Gasteiger partial charge is 0.503 e. The molecule has 1 aromatic carbocycles. The van der Waals surface area contributed by atoms with Crippen LogP contribution in [0.1, 0.15) is 26.3 Å². The molecular weight excluding hydrogens is 394 g/mol. The van der Waals surface area contributed by atoms with Crippen LogP contribution in [0, 0.1) is 5.41 Å². The SMILES string of the molecule is COc1cc(/C=c2/s/c(=C\C(=O)C(C)(C)C)[nH]c2=O)cc(Br)c1O. The first-order chi connectivity index (χ1) is 11.1. The third-order valence-corrected chi connectivity index (χ3v) is 4.82. The fraction of sp³-hybridized carbons (Fsp3) is 0.294. The van der Waals surface area contributed by atoms with Crippen LogP contribution < -0.4 is 19.5 Å². The summed E-state index contributed by atoms with van der Waals surface area (Å²) < 4.78 is 6.54. The Balaban J connectivity index is 2.54. The van der Waals surface area contributed by atoms with Crippen molar-refractivity contribution in [2.24, 2.45) is 5.41 Å². The molecule has 0 atom stereocenters. The van der Waals surface area contributed by atoms with Crippen LogP contribution in [0.2, 0.25) is 0 Å². The molecule has 0 bridgehead atoms. The number of carbonyl (C=O) groups is 1. The number of hydrogen-bond donors (Lipinski definition) is 2. The van der Waals surface area contributed by atoms with E-state index < -0.39 is 5.41 Å². The summed E-state index contributed by atoms with van der Waals surface area (Å²) in [5, 5.41) is 9.83. The predicted molar refractivity (Wildman–Crippen MR) is 99.0 cm³/mol. The summed E-state index contributed by atoms with van der Waals surface area (Å²) in [5.41, 5.74) is -0.0753. The van der Waals surface area contributed by atoms with Crippen molar-refractivity contribution in [2.75, 3.05) is 7.11 Å². The quantitative estimate of drug-likeness (QED) is 0.810. The van der Waals surface area contributed by atoms with Crippen LogP contribution in [0.5, 0.6) is 11.5 Å². The highest BCUT2D eigenvalue weighted by atomic mass is 79.9. The zero-order valence-electron chi connectivity index (χ0n) is 13.8. The van der Waals surface area contributed by atoms with E-state index in [0.717, 1.165) is 0 Å². The molecule has 128 valence electrons. The van der Waals surface area contributed by atoms with Gasteiger partial charge in [-0.25, -0.2) is 0 Å². The molecule has 0 aliphatic carbocycles. The third kappa shape index (κ3) is 4.15. The van der Waals surface area contributed by atoms with Gasteiger partial charge in [-0.15, -0.1) is 11.3 Å². The summed E-state index contributed by atoms with van der Waals surface area (Å²) in [5.74, 6) is 0.249. The lowest BCUT2D eigenvalue weighted by Crippen LogP contribution is -2.22. The van der Waals surface area contributed by atoms with E-state index in [-0.39, 0.29) is 17.1 Å². The van der Waals surface area contributed by atoms with Gasteiger partial charge in [0.1, 0.15) is 0 Å². The molecule has 1 heterocycles. The first-order valence-electron chi connectivity index (χ1n) is 7.15. The van der Waals surface area contributed by atoms with Crippen LogP contribution in [-0.4, -0.2) is 23.0 Å². The van der Waals surface area contributed by atoms with Crippen molar-refractivity contribution in [1.29, 1.82) is 0 Å². The van der Waals surface area contributed by atoms with E-state index in [1.807, 2.05) is 20.8 Å². The fourth-order valence-electron chi connectivity index (χ4n) is 1.84. The maximum atomic E-state index is 12.1. The number of aromatic amines is 1. The summed E-state index contributed by atoms with van der Waals surface area (Å²) in [6.07, 6.45) is 3.13. The first kappa shape index (κ1) is 18.5. The van der Waals surface area contributed by atoms with E-state index >= 15 is 0 Å². The van der Waals surface area contributed by atoms with Crippen molar-refractivity contribution in [3.63, 3.8) is 0 Å².